The van der Waals surface area contributed by atoms with Gasteiger partial charge in [-0.25, -0.2) is 4.99 Å². The van der Waals surface area contributed by atoms with E-state index in [1.807, 2.05) is 57.3 Å². The highest BCUT2D eigenvalue weighted by Gasteiger charge is 2.37. The number of aliphatic hydroxyl groups excluding tert-OH is 1. The Morgan fingerprint density at radius 1 is 1.23 bits per heavy atom. The van der Waals surface area contributed by atoms with Gasteiger partial charge < -0.3 is 24.5 Å². The monoisotopic (exact) mass is 441 g/mol. The highest BCUT2D eigenvalue weighted by molar-refractivity contribution is 6.30. The van der Waals surface area contributed by atoms with Crippen LogP contribution in [0.5, 0.6) is 5.75 Å². The minimum absolute atomic E-state index is 0.336. The molecule has 2 aliphatic heterocycles. The molecule has 1 aromatic heterocycles. The lowest BCUT2D eigenvalue weighted by atomic mass is 10.2. The number of nitrogens with zero attached hydrogens (tertiary/aromatic N) is 5. The number of aryl methyl sites for hydroxylation is 1. The largest absolute Gasteiger partial charge is 0.449 e. The minimum atomic E-state index is -0.499. The number of pyridine rings is 1. The summed E-state index contributed by atoms with van der Waals surface area (Å²) in [7, 11) is 2.03. The van der Waals surface area contributed by atoms with Crippen molar-refractivity contribution in [2.24, 2.45) is 4.99 Å². The highest BCUT2D eigenvalue weighted by atomic mass is 35.5. The number of amidine groups is 1. The van der Waals surface area contributed by atoms with Crippen LogP contribution < -0.4 is 4.74 Å². The zero-order valence-electron chi connectivity index (χ0n) is 18.1. The van der Waals surface area contributed by atoms with Crippen molar-refractivity contribution in [2.75, 3.05) is 20.3 Å². The zero-order valence-corrected chi connectivity index (χ0v) is 18.8. The molecule has 0 bridgehead atoms. The average Bonchev–Trinajstić information content (AvgIpc) is 3.07. The molecule has 2 aliphatic rings. The molecule has 4 rings (SSSR count). The normalized spacial score (nSPS) is 19.1. The number of aliphatic hydroxyl groups is 1. The second-order valence-electron chi connectivity index (χ2n) is 8.09. The van der Waals surface area contributed by atoms with E-state index in [1.165, 1.54) is 0 Å². The van der Waals surface area contributed by atoms with Crippen LogP contribution in [0.4, 0.5) is 0 Å². The van der Waals surface area contributed by atoms with Gasteiger partial charge in [0.2, 0.25) is 0 Å². The first-order valence-corrected chi connectivity index (χ1v) is 10.8. The summed E-state index contributed by atoms with van der Waals surface area (Å²) in [5.41, 5.74) is 3.05. The van der Waals surface area contributed by atoms with Crippen molar-refractivity contribution in [2.45, 2.75) is 39.3 Å². The molecule has 2 atom stereocenters. The second kappa shape index (κ2) is 9.16. The molecule has 1 N–H and O–H groups in total. The van der Waals surface area contributed by atoms with E-state index in [1.54, 1.807) is 6.20 Å². The second-order valence-corrected chi connectivity index (χ2v) is 8.53. The molecule has 7 nitrogen and oxygen atoms in total. The molecule has 164 valence electrons. The third kappa shape index (κ3) is 5.11. The maximum Gasteiger partial charge on any atom is 0.273 e. The molecule has 2 unspecified atom stereocenters. The van der Waals surface area contributed by atoms with E-state index in [2.05, 4.69) is 25.9 Å². The maximum absolute atomic E-state index is 9.70. The molecule has 3 heterocycles. The number of halogens is 1. The number of aliphatic imine (C=N–C) groups is 1. The van der Waals surface area contributed by atoms with Crippen LogP contribution in [0.25, 0.3) is 0 Å². The fraction of sp³-hybridized carbons (Fsp3) is 0.391. The van der Waals surface area contributed by atoms with Gasteiger partial charge in [-0.3, -0.25) is 4.98 Å². The van der Waals surface area contributed by atoms with E-state index in [-0.39, 0.29) is 6.10 Å². The number of hydrogen-bond acceptors (Lipinski definition) is 7. The summed E-state index contributed by atoms with van der Waals surface area (Å²) in [6.45, 7) is 5.86. The Kier molecular flexibility index (Phi) is 6.34. The van der Waals surface area contributed by atoms with Crippen molar-refractivity contribution in [3.8, 4) is 5.75 Å². The van der Waals surface area contributed by atoms with E-state index in [9.17, 15) is 5.11 Å². The molecule has 1 aromatic carbocycles. The number of aromatic nitrogens is 1. The lowest BCUT2D eigenvalue weighted by molar-refractivity contribution is 0.0666. The van der Waals surface area contributed by atoms with Crippen molar-refractivity contribution in [1.29, 1.82) is 0 Å². The standard InChI is InChI=1S/C23H28ClN5O2/c1-16-4-9-20(12-25-16)31-23-26-22-21(14-28(15-27(22)3)11-10-17(2)30)29(23)13-18-5-7-19(24)8-6-18/h4-9,12,14,17,23,30H,10-11,13,15H2,1-3H3. The Labute approximate surface area is 188 Å². The van der Waals surface area contributed by atoms with Gasteiger partial charge in [0.15, 0.2) is 5.84 Å². The molecule has 0 fully saturated rings. The molecule has 2 aromatic rings. The molecule has 0 aliphatic carbocycles. The molecule has 31 heavy (non-hydrogen) atoms. The topological polar surface area (TPSA) is 64.4 Å². The highest BCUT2D eigenvalue weighted by Crippen LogP contribution is 2.30. The summed E-state index contributed by atoms with van der Waals surface area (Å²) in [5, 5.41) is 10.4. The van der Waals surface area contributed by atoms with Gasteiger partial charge in [-0.1, -0.05) is 23.7 Å². The van der Waals surface area contributed by atoms with Crippen molar-refractivity contribution in [3.05, 3.63) is 70.8 Å². The first-order chi connectivity index (χ1) is 14.9. The van der Waals surface area contributed by atoms with Crippen LogP contribution in [-0.2, 0) is 6.54 Å². The van der Waals surface area contributed by atoms with Crippen LogP contribution in [-0.4, -0.2) is 63.3 Å². The molecule has 0 saturated heterocycles. The Balaban J connectivity index is 1.62. The molecular formula is C23H28ClN5O2. The predicted molar refractivity (Wildman–Crippen MR) is 122 cm³/mol. The van der Waals surface area contributed by atoms with E-state index >= 15 is 0 Å². The molecule has 0 radical (unpaired) electrons. The Morgan fingerprint density at radius 2 is 2.00 bits per heavy atom. The summed E-state index contributed by atoms with van der Waals surface area (Å²) in [6, 6.07) is 11.7. The number of ether oxygens (including phenoxy) is 1. The fourth-order valence-electron chi connectivity index (χ4n) is 3.64. The van der Waals surface area contributed by atoms with Crippen LogP contribution in [0.1, 0.15) is 24.6 Å². The van der Waals surface area contributed by atoms with Gasteiger partial charge in [-0.15, -0.1) is 0 Å². The third-order valence-corrected chi connectivity index (χ3v) is 5.58. The first-order valence-electron chi connectivity index (χ1n) is 10.4. The van der Waals surface area contributed by atoms with Gasteiger partial charge in [0.05, 0.1) is 19.0 Å². The van der Waals surface area contributed by atoms with Gasteiger partial charge >= 0.3 is 0 Å². The van der Waals surface area contributed by atoms with E-state index in [0.29, 0.717) is 30.4 Å². The molecular weight excluding hydrogens is 414 g/mol. The maximum atomic E-state index is 9.70. The molecule has 0 amide bonds. The number of fused-ring (bicyclic) bond motifs is 1. The van der Waals surface area contributed by atoms with Crippen LogP contribution in [0, 0.1) is 6.92 Å². The Bertz CT molecular complexity index is 959. The average molecular weight is 442 g/mol. The van der Waals surface area contributed by atoms with Crippen molar-refractivity contribution in [1.82, 2.24) is 19.7 Å². The van der Waals surface area contributed by atoms with Crippen LogP contribution in [0.15, 0.2) is 59.5 Å². The summed E-state index contributed by atoms with van der Waals surface area (Å²) >= 11 is 6.07. The summed E-state index contributed by atoms with van der Waals surface area (Å²) in [6.07, 6.45) is 3.72. The summed E-state index contributed by atoms with van der Waals surface area (Å²) in [4.78, 5) is 15.7. The van der Waals surface area contributed by atoms with Crippen molar-refractivity contribution < 1.29 is 9.84 Å². The van der Waals surface area contributed by atoms with Crippen molar-refractivity contribution >= 4 is 17.4 Å². The van der Waals surface area contributed by atoms with Crippen LogP contribution >= 0.6 is 11.6 Å². The molecule has 0 saturated carbocycles. The van der Waals surface area contributed by atoms with Gasteiger partial charge in [0.1, 0.15) is 11.4 Å². The van der Waals surface area contributed by atoms with Gasteiger partial charge in [0.25, 0.3) is 6.35 Å². The third-order valence-electron chi connectivity index (χ3n) is 5.32. The minimum Gasteiger partial charge on any atom is -0.449 e. The van der Waals surface area contributed by atoms with Crippen LogP contribution in [0.2, 0.25) is 5.02 Å². The van der Waals surface area contributed by atoms with E-state index in [4.69, 9.17) is 21.3 Å². The zero-order chi connectivity index (χ0) is 22.0. The number of rotatable bonds is 7. The summed E-state index contributed by atoms with van der Waals surface area (Å²) < 4.78 is 6.24. The fourth-order valence-corrected chi connectivity index (χ4v) is 3.77. The Hall–Kier alpha value is -2.77. The van der Waals surface area contributed by atoms with Crippen LogP contribution in [0.3, 0.4) is 0 Å². The number of hydrogen-bond donors (Lipinski definition) is 1. The first kappa shape index (κ1) is 21.5. The van der Waals surface area contributed by atoms with E-state index in [0.717, 1.165) is 29.3 Å². The van der Waals surface area contributed by atoms with E-state index < -0.39 is 6.35 Å². The quantitative estimate of drug-likeness (QED) is 0.710. The van der Waals surface area contributed by atoms with Gasteiger partial charge in [-0.05, 0) is 50.1 Å². The SMILES string of the molecule is Cc1ccc(OC2N=C3C(=CN(CCC(C)O)CN3C)N2Cc2ccc(Cl)cc2)cn1. The van der Waals surface area contributed by atoms with Gasteiger partial charge in [-0.2, -0.15) is 0 Å². The lowest BCUT2D eigenvalue weighted by Gasteiger charge is -2.36. The lowest BCUT2D eigenvalue weighted by Crippen LogP contribution is -2.44. The molecule has 8 heteroatoms. The predicted octanol–water partition coefficient (Wildman–Crippen LogP) is 3.44. The number of benzene rings is 1. The smallest absolute Gasteiger partial charge is 0.273 e. The number of likely N-dealkylation sites (N-methyl/N-ethyl adjacent to an activating group) is 1. The van der Waals surface area contributed by atoms with Gasteiger partial charge in [0, 0.05) is 37.1 Å². The van der Waals surface area contributed by atoms with Crippen molar-refractivity contribution in [3.63, 3.8) is 0 Å². The molecule has 0 spiro atoms. The Morgan fingerprint density at radius 3 is 2.68 bits per heavy atom. The summed E-state index contributed by atoms with van der Waals surface area (Å²) in [5.74, 6) is 1.57.